The molecule has 0 radical (unpaired) electrons. The summed E-state index contributed by atoms with van der Waals surface area (Å²) >= 11 is 0. The van der Waals surface area contributed by atoms with Crippen molar-refractivity contribution in [2.75, 3.05) is 13.2 Å². The number of hydrogen-bond donors (Lipinski definition) is 0. The minimum atomic E-state index is 0.248. The Morgan fingerprint density at radius 2 is 1.47 bits per heavy atom. The van der Waals surface area contributed by atoms with Crippen LogP contribution in [0.25, 0.3) is 0 Å². The van der Waals surface area contributed by atoms with Gasteiger partial charge in [0.05, 0.1) is 0 Å². The van der Waals surface area contributed by atoms with Gasteiger partial charge in [-0.05, 0) is 24.3 Å². The second-order valence-electron chi connectivity index (χ2n) is 3.56. The monoisotopic (exact) mass is 230 g/mol. The summed E-state index contributed by atoms with van der Waals surface area (Å²) in [5, 5.41) is 16.6. The van der Waals surface area contributed by atoms with Gasteiger partial charge >= 0.3 is 0 Å². The molecule has 0 aliphatic carbocycles. The van der Waals surface area contributed by atoms with Crippen molar-refractivity contribution >= 4 is 0 Å². The van der Waals surface area contributed by atoms with E-state index < -0.39 is 0 Å². The summed E-state index contributed by atoms with van der Waals surface area (Å²) in [6, 6.07) is 9.96. The first-order chi connectivity index (χ1) is 8.38. The predicted molar refractivity (Wildman–Crippen MR) is 61.5 cm³/mol. The van der Waals surface area contributed by atoms with Gasteiger partial charge in [-0.1, -0.05) is 30.3 Å². The molecule has 0 saturated carbocycles. The van der Waals surface area contributed by atoms with Gasteiger partial charge in [-0.3, -0.25) is 0 Å². The molecule has 0 fully saturated rings. The Hall–Kier alpha value is -2.20. The average molecular weight is 230 g/mol. The fraction of sp³-hybridized carbons (Fsp3) is 0.385. The van der Waals surface area contributed by atoms with Gasteiger partial charge in [0.1, 0.15) is 13.2 Å². The number of nitrogens with zero attached hydrogens (tertiary/aromatic N) is 2. The van der Waals surface area contributed by atoms with Crippen LogP contribution >= 0.6 is 0 Å². The summed E-state index contributed by atoms with van der Waals surface area (Å²) < 4.78 is 9.38. The molecule has 1 rings (SSSR count). The second-order valence-corrected chi connectivity index (χ2v) is 3.56. The largest absolute Gasteiger partial charge is 0.427 e. The lowest BCUT2D eigenvalue weighted by atomic mass is 9.93. The molecule has 0 aliphatic heterocycles. The van der Waals surface area contributed by atoms with Crippen LogP contribution in [-0.2, 0) is 9.47 Å². The van der Waals surface area contributed by atoms with Gasteiger partial charge in [0, 0.05) is 0 Å². The van der Waals surface area contributed by atoms with Crippen molar-refractivity contribution in [3.8, 4) is 12.5 Å². The third kappa shape index (κ3) is 4.90. The number of nitriles is 2. The maximum Gasteiger partial charge on any atom is 0.286 e. The minimum Gasteiger partial charge on any atom is -0.427 e. The zero-order valence-electron chi connectivity index (χ0n) is 9.50. The van der Waals surface area contributed by atoms with Crippen molar-refractivity contribution in [2.24, 2.45) is 0 Å². The number of ether oxygens (including phenoxy) is 2. The lowest BCUT2D eigenvalue weighted by Gasteiger charge is -2.15. The normalized spacial score (nSPS) is 9.35. The lowest BCUT2D eigenvalue weighted by molar-refractivity contribution is 0.224. The van der Waals surface area contributed by atoms with Crippen molar-refractivity contribution in [3.63, 3.8) is 0 Å². The van der Waals surface area contributed by atoms with Gasteiger partial charge in [-0.15, -0.1) is 0 Å². The summed E-state index contributed by atoms with van der Waals surface area (Å²) in [4.78, 5) is 0. The maximum atomic E-state index is 8.32. The summed E-state index contributed by atoms with van der Waals surface area (Å²) in [6.07, 6.45) is 4.80. The van der Waals surface area contributed by atoms with Crippen molar-refractivity contribution in [1.29, 1.82) is 10.5 Å². The van der Waals surface area contributed by atoms with E-state index in [9.17, 15) is 0 Å². The quantitative estimate of drug-likeness (QED) is 0.533. The Balaban J connectivity index is 2.53. The first kappa shape index (κ1) is 12.9. The van der Waals surface area contributed by atoms with Crippen molar-refractivity contribution in [3.05, 3.63) is 35.9 Å². The topological polar surface area (TPSA) is 66.0 Å². The molecule has 4 heteroatoms. The van der Waals surface area contributed by atoms with Crippen molar-refractivity contribution < 1.29 is 9.47 Å². The smallest absolute Gasteiger partial charge is 0.286 e. The van der Waals surface area contributed by atoms with E-state index in [4.69, 9.17) is 20.0 Å². The molecule has 88 valence electrons. The minimum absolute atomic E-state index is 0.248. The van der Waals surface area contributed by atoms with Crippen LogP contribution in [-0.4, -0.2) is 13.2 Å². The molecule has 0 N–H and O–H groups in total. The second kappa shape index (κ2) is 8.01. The van der Waals surface area contributed by atoms with Crippen LogP contribution in [0.4, 0.5) is 0 Å². The molecular weight excluding hydrogens is 216 g/mol. The van der Waals surface area contributed by atoms with Gasteiger partial charge in [0.15, 0.2) is 0 Å². The number of benzene rings is 1. The van der Waals surface area contributed by atoms with E-state index in [2.05, 4.69) is 0 Å². The van der Waals surface area contributed by atoms with Crippen LogP contribution in [0, 0.1) is 23.0 Å². The molecule has 0 bridgehead atoms. The van der Waals surface area contributed by atoms with E-state index in [0.29, 0.717) is 13.2 Å². The van der Waals surface area contributed by atoms with Crippen LogP contribution in [0.15, 0.2) is 30.3 Å². The highest BCUT2D eigenvalue weighted by Crippen LogP contribution is 2.23. The molecular formula is C13H14N2O2. The van der Waals surface area contributed by atoms with E-state index in [1.54, 1.807) is 12.5 Å². The highest BCUT2D eigenvalue weighted by Gasteiger charge is 2.11. The Kier molecular flexibility index (Phi) is 6.06. The van der Waals surface area contributed by atoms with Gasteiger partial charge in [-0.2, -0.15) is 10.5 Å². The first-order valence-electron chi connectivity index (χ1n) is 5.45. The van der Waals surface area contributed by atoms with E-state index in [1.807, 2.05) is 30.3 Å². The molecule has 17 heavy (non-hydrogen) atoms. The standard InChI is InChI=1S/C13H14N2O2/c14-10-16-8-6-13(7-9-17-11-15)12-4-2-1-3-5-12/h1-5,13H,6-9H2. The van der Waals surface area contributed by atoms with E-state index in [0.717, 1.165) is 12.8 Å². The molecule has 1 aromatic carbocycles. The highest BCUT2D eigenvalue weighted by atomic mass is 16.5. The molecule has 0 spiro atoms. The highest BCUT2D eigenvalue weighted by molar-refractivity contribution is 5.19. The van der Waals surface area contributed by atoms with Gasteiger partial charge in [0.25, 0.3) is 12.5 Å². The van der Waals surface area contributed by atoms with E-state index in [-0.39, 0.29) is 5.92 Å². The van der Waals surface area contributed by atoms with E-state index >= 15 is 0 Å². The van der Waals surface area contributed by atoms with Gasteiger partial charge in [-0.25, -0.2) is 0 Å². The molecule has 0 saturated heterocycles. The summed E-state index contributed by atoms with van der Waals surface area (Å²) in [7, 11) is 0. The molecule has 0 unspecified atom stereocenters. The van der Waals surface area contributed by atoms with Crippen molar-refractivity contribution in [1.82, 2.24) is 0 Å². The van der Waals surface area contributed by atoms with Gasteiger partial charge in [0.2, 0.25) is 0 Å². The van der Waals surface area contributed by atoms with E-state index in [1.165, 1.54) is 5.56 Å². The zero-order valence-corrected chi connectivity index (χ0v) is 9.50. The summed E-state index contributed by atoms with van der Waals surface area (Å²) in [5.74, 6) is 0.248. The average Bonchev–Trinajstić information content (AvgIpc) is 2.38. The van der Waals surface area contributed by atoms with Gasteiger partial charge < -0.3 is 9.47 Å². The Bertz CT molecular complexity index is 372. The van der Waals surface area contributed by atoms with Crippen molar-refractivity contribution in [2.45, 2.75) is 18.8 Å². The van der Waals surface area contributed by atoms with Crippen LogP contribution in [0.1, 0.15) is 24.3 Å². The number of rotatable bonds is 7. The number of hydrogen-bond acceptors (Lipinski definition) is 4. The molecule has 4 nitrogen and oxygen atoms in total. The SMILES string of the molecule is N#COCCC(CCOC#N)c1ccccc1. The third-order valence-electron chi connectivity index (χ3n) is 2.54. The van der Waals surface area contributed by atoms with Crippen LogP contribution in [0.3, 0.4) is 0 Å². The molecule has 0 atom stereocenters. The predicted octanol–water partition coefficient (Wildman–Crippen LogP) is 2.55. The first-order valence-corrected chi connectivity index (χ1v) is 5.45. The zero-order chi connectivity index (χ0) is 12.3. The third-order valence-corrected chi connectivity index (χ3v) is 2.54. The van der Waals surface area contributed by atoms with Crippen LogP contribution < -0.4 is 0 Å². The molecule has 1 aromatic rings. The molecule has 0 amide bonds. The molecule has 0 heterocycles. The van der Waals surface area contributed by atoms with Crippen LogP contribution in [0.5, 0.6) is 0 Å². The lowest BCUT2D eigenvalue weighted by Crippen LogP contribution is -2.06. The maximum absolute atomic E-state index is 8.32. The Morgan fingerprint density at radius 3 is 1.94 bits per heavy atom. The molecule has 0 aliphatic rings. The Morgan fingerprint density at radius 1 is 0.941 bits per heavy atom. The summed E-state index contributed by atoms with van der Waals surface area (Å²) in [5.41, 5.74) is 1.18. The fourth-order valence-corrected chi connectivity index (χ4v) is 1.70. The summed E-state index contributed by atoms with van der Waals surface area (Å²) in [6.45, 7) is 0.783. The fourth-order valence-electron chi connectivity index (χ4n) is 1.70. The van der Waals surface area contributed by atoms with Crippen LogP contribution in [0.2, 0.25) is 0 Å². The Labute approximate surface area is 101 Å². The molecule has 0 aromatic heterocycles.